The van der Waals surface area contributed by atoms with E-state index in [1.165, 1.54) is 0 Å². The van der Waals surface area contributed by atoms with Gasteiger partial charge in [0.2, 0.25) is 5.91 Å². The van der Waals surface area contributed by atoms with E-state index >= 15 is 0 Å². The molecule has 0 spiro atoms. The molecule has 158 valence electrons. The molecule has 2 saturated heterocycles. The van der Waals surface area contributed by atoms with Crippen LogP contribution in [0, 0.1) is 11.8 Å². The van der Waals surface area contributed by atoms with E-state index in [1.807, 2.05) is 17.5 Å². The van der Waals surface area contributed by atoms with E-state index in [1.54, 1.807) is 11.3 Å². The molecule has 28 heavy (non-hydrogen) atoms. The molecule has 0 radical (unpaired) electrons. The minimum atomic E-state index is -5.08. The number of carbonyl (C=O) groups excluding carboxylic acids is 1. The number of carboxylic acids is 1. The highest BCUT2D eigenvalue weighted by molar-refractivity contribution is 7.10. The Morgan fingerprint density at radius 3 is 2.61 bits per heavy atom. The summed E-state index contributed by atoms with van der Waals surface area (Å²) in [7, 11) is 4.17. The molecule has 10 heteroatoms. The molecule has 0 aliphatic carbocycles. The second-order valence-corrected chi connectivity index (χ2v) is 8.28. The van der Waals surface area contributed by atoms with E-state index in [0.717, 1.165) is 37.5 Å². The highest BCUT2D eigenvalue weighted by Gasteiger charge is 2.42. The van der Waals surface area contributed by atoms with Crippen molar-refractivity contribution in [1.82, 2.24) is 9.80 Å². The number of fused-ring (bicyclic) bond motifs is 1. The van der Waals surface area contributed by atoms with Gasteiger partial charge in [0.25, 0.3) is 0 Å². The number of rotatable bonds is 4. The van der Waals surface area contributed by atoms with E-state index in [0.29, 0.717) is 18.3 Å². The Bertz CT molecular complexity index is 652. The fourth-order valence-corrected chi connectivity index (χ4v) is 4.17. The quantitative estimate of drug-likeness (QED) is 0.807. The number of ether oxygens (including phenoxy) is 1. The fourth-order valence-electron chi connectivity index (χ4n) is 3.48. The third-order valence-electron chi connectivity index (χ3n) is 4.85. The number of likely N-dealkylation sites (N-methyl/N-ethyl adjacent to an activating group) is 1. The van der Waals surface area contributed by atoms with E-state index < -0.39 is 12.1 Å². The van der Waals surface area contributed by atoms with Gasteiger partial charge in [-0.2, -0.15) is 13.2 Å². The summed E-state index contributed by atoms with van der Waals surface area (Å²) in [5.74, 6) is -1.34. The number of hydrogen-bond donors (Lipinski definition) is 1. The molecule has 1 amide bonds. The number of halogens is 3. The Balaban J connectivity index is 0.000000345. The first-order chi connectivity index (χ1) is 13.1. The molecule has 0 unspecified atom stereocenters. The third kappa shape index (κ3) is 6.46. The highest BCUT2D eigenvalue weighted by Crippen LogP contribution is 2.34. The maximum absolute atomic E-state index is 12.5. The first-order valence-corrected chi connectivity index (χ1v) is 9.82. The van der Waals surface area contributed by atoms with Gasteiger partial charge in [-0.3, -0.25) is 4.79 Å². The van der Waals surface area contributed by atoms with Crippen molar-refractivity contribution in [3.05, 3.63) is 22.4 Å². The van der Waals surface area contributed by atoms with Crippen molar-refractivity contribution < 1.29 is 32.6 Å². The SMILES string of the molecule is CN(C)C[C@H]1OC[C@@H]2CCN(C(=O)Cc3cccs3)C[C@@H]21.O=C(O)C(F)(F)F. The second-order valence-electron chi connectivity index (χ2n) is 7.25. The summed E-state index contributed by atoms with van der Waals surface area (Å²) in [5.41, 5.74) is 0. The van der Waals surface area contributed by atoms with Gasteiger partial charge in [0.15, 0.2) is 0 Å². The van der Waals surface area contributed by atoms with E-state index in [-0.39, 0.29) is 12.0 Å². The lowest BCUT2D eigenvalue weighted by atomic mass is 9.84. The predicted molar refractivity (Wildman–Crippen MR) is 98.2 cm³/mol. The summed E-state index contributed by atoms with van der Waals surface area (Å²) in [6, 6.07) is 4.06. The Labute approximate surface area is 165 Å². The highest BCUT2D eigenvalue weighted by atomic mass is 32.1. The summed E-state index contributed by atoms with van der Waals surface area (Å²) in [5, 5.41) is 9.16. The standard InChI is InChI=1S/C16H24N2O2S.C2HF3O2/c1-17(2)10-15-14-9-18(6-5-12(14)11-20-15)16(19)8-13-4-3-7-21-13;3-2(4,5)1(6)7/h3-4,7,12,14-15H,5-6,8-11H2,1-2H3;(H,6,7)/t12-,14-,15+;/m0./s1. The number of piperidine rings is 1. The Kier molecular flexibility index (Phi) is 7.85. The van der Waals surface area contributed by atoms with Crippen molar-refractivity contribution in [3.63, 3.8) is 0 Å². The zero-order valence-corrected chi connectivity index (χ0v) is 16.6. The van der Waals surface area contributed by atoms with Crippen molar-refractivity contribution in [3.8, 4) is 0 Å². The third-order valence-corrected chi connectivity index (χ3v) is 5.73. The van der Waals surface area contributed by atoms with Crippen molar-refractivity contribution in [2.75, 3.05) is 40.3 Å². The maximum atomic E-state index is 12.5. The number of carbonyl (C=O) groups is 2. The van der Waals surface area contributed by atoms with Gasteiger partial charge in [-0.1, -0.05) is 6.07 Å². The summed E-state index contributed by atoms with van der Waals surface area (Å²) in [6.45, 7) is 3.58. The molecule has 1 aromatic rings. The normalized spacial score (nSPS) is 24.5. The number of thiophene rings is 1. The summed E-state index contributed by atoms with van der Waals surface area (Å²) >= 11 is 1.66. The topological polar surface area (TPSA) is 70.1 Å². The number of hydrogen-bond acceptors (Lipinski definition) is 5. The van der Waals surface area contributed by atoms with Gasteiger partial charge < -0.3 is 19.6 Å². The molecule has 1 aromatic heterocycles. The molecule has 2 aliphatic heterocycles. The van der Waals surface area contributed by atoms with Crippen LogP contribution in [-0.4, -0.2) is 79.4 Å². The molecule has 0 bridgehead atoms. The average molecular weight is 422 g/mol. The second kappa shape index (κ2) is 9.71. The smallest absolute Gasteiger partial charge is 0.475 e. The average Bonchev–Trinajstić information content (AvgIpc) is 3.24. The zero-order chi connectivity index (χ0) is 20.9. The van der Waals surface area contributed by atoms with Gasteiger partial charge in [-0.05, 0) is 37.9 Å². The number of amides is 1. The van der Waals surface area contributed by atoms with Gasteiger partial charge in [-0.25, -0.2) is 4.79 Å². The summed E-state index contributed by atoms with van der Waals surface area (Å²) in [4.78, 5) is 26.8. The summed E-state index contributed by atoms with van der Waals surface area (Å²) < 4.78 is 37.7. The van der Waals surface area contributed by atoms with E-state index in [2.05, 4.69) is 23.9 Å². The molecule has 3 rings (SSSR count). The first-order valence-electron chi connectivity index (χ1n) is 8.94. The number of carboxylic acid groups (broad SMARTS) is 1. The van der Waals surface area contributed by atoms with Crippen molar-refractivity contribution >= 4 is 23.2 Å². The number of aliphatic carboxylic acids is 1. The lowest BCUT2D eigenvalue weighted by molar-refractivity contribution is -0.192. The van der Waals surface area contributed by atoms with Gasteiger partial charge in [0, 0.05) is 30.4 Å². The maximum Gasteiger partial charge on any atom is 0.490 e. The first kappa shape index (κ1) is 22.6. The minimum absolute atomic E-state index is 0.270. The van der Waals surface area contributed by atoms with Gasteiger partial charge in [-0.15, -0.1) is 11.3 Å². The van der Waals surface area contributed by atoms with Crippen LogP contribution < -0.4 is 0 Å². The molecule has 3 atom stereocenters. The Hall–Kier alpha value is -1.65. The Morgan fingerprint density at radius 2 is 2.07 bits per heavy atom. The molecule has 1 N–H and O–H groups in total. The number of alkyl halides is 3. The van der Waals surface area contributed by atoms with Gasteiger partial charge in [0.1, 0.15) is 0 Å². The van der Waals surface area contributed by atoms with Crippen LogP contribution in [0.15, 0.2) is 17.5 Å². The Morgan fingerprint density at radius 1 is 1.39 bits per heavy atom. The van der Waals surface area contributed by atoms with Gasteiger partial charge >= 0.3 is 12.1 Å². The zero-order valence-electron chi connectivity index (χ0n) is 15.8. The summed E-state index contributed by atoms with van der Waals surface area (Å²) in [6.07, 6.45) is -3.17. The van der Waals surface area contributed by atoms with Crippen LogP contribution >= 0.6 is 11.3 Å². The number of nitrogens with zero attached hydrogens (tertiary/aromatic N) is 2. The lowest BCUT2D eigenvalue weighted by Crippen LogP contribution is -2.47. The van der Waals surface area contributed by atoms with Gasteiger partial charge in [0.05, 0.1) is 19.1 Å². The monoisotopic (exact) mass is 422 g/mol. The molecule has 2 fully saturated rings. The van der Waals surface area contributed by atoms with Crippen LogP contribution in [0.5, 0.6) is 0 Å². The fraction of sp³-hybridized carbons (Fsp3) is 0.667. The van der Waals surface area contributed by atoms with Crippen LogP contribution in [-0.2, 0) is 20.7 Å². The molecule has 0 aromatic carbocycles. The molecular weight excluding hydrogens is 397 g/mol. The van der Waals surface area contributed by atoms with Crippen LogP contribution in [0.1, 0.15) is 11.3 Å². The van der Waals surface area contributed by atoms with Crippen molar-refractivity contribution in [2.45, 2.75) is 25.1 Å². The molecule has 2 aliphatic rings. The predicted octanol–water partition coefficient (Wildman–Crippen LogP) is 2.35. The van der Waals surface area contributed by atoms with Crippen LogP contribution in [0.4, 0.5) is 13.2 Å². The molecule has 3 heterocycles. The van der Waals surface area contributed by atoms with Crippen molar-refractivity contribution in [2.24, 2.45) is 11.8 Å². The minimum Gasteiger partial charge on any atom is -0.475 e. The van der Waals surface area contributed by atoms with Crippen LogP contribution in [0.3, 0.4) is 0 Å². The number of likely N-dealkylation sites (tertiary alicyclic amines) is 1. The molecular formula is C18H25F3N2O4S. The van der Waals surface area contributed by atoms with Crippen LogP contribution in [0.2, 0.25) is 0 Å². The molecule has 6 nitrogen and oxygen atoms in total. The largest absolute Gasteiger partial charge is 0.490 e. The van der Waals surface area contributed by atoms with Crippen molar-refractivity contribution in [1.29, 1.82) is 0 Å². The van der Waals surface area contributed by atoms with E-state index in [9.17, 15) is 18.0 Å². The van der Waals surface area contributed by atoms with E-state index in [4.69, 9.17) is 14.6 Å². The lowest BCUT2D eigenvalue weighted by Gasteiger charge is -2.36. The molecule has 0 saturated carbocycles. The van der Waals surface area contributed by atoms with Crippen LogP contribution in [0.25, 0.3) is 0 Å².